The van der Waals surface area contributed by atoms with Crippen LogP contribution in [-0.2, 0) is 0 Å². The van der Waals surface area contributed by atoms with Crippen LogP contribution < -0.4 is 5.32 Å². The zero-order chi connectivity index (χ0) is 6.97. The van der Waals surface area contributed by atoms with Gasteiger partial charge in [0.25, 0.3) is 0 Å². The molecule has 2 N–H and O–H groups in total. The highest BCUT2D eigenvalue weighted by Crippen LogP contribution is 2.16. The molecule has 0 bridgehead atoms. The smallest absolute Gasteiger partial charge is 0.0794 e. The molecule has 0 aliphatic carbocycles. The van der Waals surface area contributed by atoms with Gasteiger partial charge in [0, 0.05) is 25.7 Å². The largest absolute Gasteiger partial charge is 0.390 e. The zero-order valence-corrected chi connectivity index (χ0v) is 7.31. The van der Waals surface area contributed by atoms with E-state index >= 15 is 0 Å². The van der Waals surface area contributed by atoms with Gasteiger partial charge in [-0.15, -0.1) is 12.4 Å². The lowest BCUT2D eigenvalue weighted by molar-refractivity contribution is -0.0198. The number of rotatable bonds is 1. The number of hydrogen-bond acceptors (Lipinski definition) is 3. The molecule has 0 spiro atoms. The molecule has 0 aromatic heterocycles. The molecule has 0 radical (unpaired) electrons. The Morgan fingerprint density at radius 1 is 1.36 bits per heavy atom. The van der Waals surface area contributed by atoms with Crippen molar-refractivity contribution in [3.63, 3.8) is 0 Å². The second kappa shape index (κ2) is 3.72. The summed E-state index contributed by atoms with van der Waals surface area (Å²) in [6.07, 6.45) is 1.22. The summed E-state index contributed by atoms with van der Waals surface area (Å²) in [6, 6.07) is 0.711. The summed E-state index contributed by atoms with van der Waals surface area (Å²) >= 11 is 0. The second-order valence-corrected chi connectivity index (χ2v) is 3.25. The van der Waals surface area contributed by atoms with Crippen molar-refractivity contribution in [3.05, 3.63) is 0 Å². The van der Waals surface area contributed by atoms with Gasteiger partial charge >= 0.3 is 0 Å². The lowest BCUT2D eigenvalue weighted by Gasteiger charge is -2.40. The molecule has 4 heteroatoms. The number of aliphatic hydroxyl groups is 1. The molecular formula is C7H15ClN2O. The van der Waals surface area contributed by atoms with Crippen molar-refractivity contribution in [3.8, 4) is 0 Å². The summed E-state index contributed by atoms with van der Waals surface area (Å²) in [7, 11) is 0. The summed E-state index contributed by atoms with van der Waals surface area (Å²) in [6.45, 7) is 4.06. The van der Waals surface area contributed by atoms with Crippen LogP contribution in [0.5, 0.6) is 0 Å². The molecule has 0 amide bonds. The van der Waals surface area contributed by atoms with E-state index < -0.39 is 0 Å². The van der Waals surface area contributed by atoms with E-state index in [0.717, 1.165) is 26.2 Å². The molecule has 2 saturated heterocycles. The van der Waals surface area contributed by atoms with Crippen LogP contribution in [0.15, 0.2) is 0 Å². The number of nitrogens with one attached hydrogen (secondary N) is 1. The Balaban J connectivity index is 0.000000605. The van der Waals surface area contributed by atoms with E-state index in [1.807, 2.05) is 0 Å². The van der Waals surface area contributed by atoms with Gasteiger partial charge in [-0.25, -0.2) is 0 Å². The summed E-state index contributed by atoms with van der Waals surface area (Å²) in [5.74, 6) is 0. The van der Waals surface area contributed by atoms with Gasteiger partial charge in [-0.1, -0.05) is 0 Å². The molecule has 0 saturated carbocycles. The van der Waals surface area contributed by atoms with Crippen LogP contribution in [0.4, 0.5) is 0 Å². The maximum Gasteiger partial charge on any atom is 0.0794 e. The van der Waals surface area contributed by atoms with Crippen molar-refractivity contribution in [2.45, 2.75) is 18.6 Å². The van der Waals surface area contributed by atoms with E-state index in [0.29, 0.717) is 6.04 Å². The zero-order valence-electron chi connectivity index (χ0n) is 6.49. The van der Waals surface area contributed by atoms with Gasteiger partial charge < -0.3 is 10.4 Å². The summed E-state index contributed by atoms with van der Waals surface area (Å²) in [5.41, 5.74) is 0. The number of halogens is 1. The first-order chi connectivity index (χ1) is 4.86. The van der Waals surface area contributed by atoms with Gasteiger partial charge in [0.2, 0.25) is 0 Å². The average Bonchev–Trinajstić information content (AvgIpc) is 2.31. The number of likely N-dealkylation sites (tertiary alicyclic amines) is 1. The average molecular weight is 179 g/mol. The van der Waals surface area contributed by atoms with Gasteiger partial charge in [0.05, 0.1) is 6.10 Å². The minimum Gasteiger partial charge on any atom is -0.390 e. The van der Waals surface area contributed by atoms with E-state index in [1.54, 1.807) is 0 Å². The van der Waals surface area contributed by atoms with Crippen molar-refractivity contribution in [1.82, 2.24) is 10.2 Å². The molecule has 66 valence electrons. The highest BCUT2D eigenvalue weighted by molar-refractivity contribution is 5.85. The Morgan fingerprint density at radius 2 is 2.09 bits per heavy atom. The SMILES string of the molecule is Cl.OC1CN([C@@H]2CCNC2)C1. The molecule has 2 rings (SSSR count). The van der Waals surface area contributed by atoms with Gasteiger partial charge in [-0.05, 0) is 13.0 Å². The Hall–Kier alpha value is 0.170. The molecular weight excluding hydrogens is 164 g/mol. The highest BCUT2D eigenvalue weighted by atomic mass is 35.5. The maximum atomic E-state index is 9.02. The first kappa shape index (κ1) is 9.26. The first-order valence-corrected chi connectivity index (χ1v) is 3.99. The van der Waals surface area contributed by atoms with E-state index in [4.69, 9.17) is 5.11 Å². The number of aliphatic hydroxyl groups excluding tert-OH is 1. The first-order valence-electron chi connectivity index (χ1n) is 3.99. The van der Waals surface area contributed by atoms with Crippen LogP contribution in [0.3, 0.4) is 0 Å². The third-order valence-corrected chi connectivity index (χ3v) is 2.44. The van der Waals surface area contributed by atoms with Crippen LogP contribution in [0, 0.1) is 0 Å². The van der Waals surface area contributed by atoms with E-state index in [9.17, 15) is 0 Å². The highest BCUT2D eigenvalue weighted by Gasteiger charge is 2.31. The Bertz CT molecular complexity index is 122. The summed E-state index contributed by atoms with van der Waals surface area (Å²) in [4.78, 5) is 2.35. The van der Waals surface area contributed by atoms with Crippen LogP contribution in [0.25, 0.3) is 0 Å². The molecule has 2 heterocycles. The third kappa shape index (κ3) is 1.85. The van der Waals surface area contributed by atoms with Crippen LogP contribution in [0.1, 0.15) is 6.42 Å². The third-order valence-electron chi connectivity index (χ3n) is 2.44. The van der Waals surface area contributed by atoms with E-state index in [2.05, 4.69) is 10.2 Å². The van der Waals surface area contributed by atoms with Gasteiger partial charge in [-0.3, -0.25) is 4.90 Å². The van der Waals surface area contributed by atoms with Crippen LogP contribution in [0.2, 0.25) is 0 Å². The van der Waals surface area contributed by atoms with Crippen molar-refractivity contribution < 1.29 is 5.11 Å². The Morgan fingerprint density at radius 3 is 2.55 bits per heavy atom. The quantitative estimate of drug-likeness (QED) is 0.566. The fourth-order valence-electron chi connectivity index (χ4n) is 1.74. The summed E-state index contributed by atoms with van der Waals surface area (Å²) in [5, 5.41) is 12.3. The van der Waals surface area contributed by atoms with E-state index in [-0.39, 0.29) is 18.5 Å². The number of hydrogen-bond donors (Lipinski definition) is 2. The molecule has 2 fully saturated rings. The fraction of sp³-hybridized carbons (Fsp3) is 1.00. The number of nitrogens with zero attached hydrogens (tertiary/aromatic N) is 1. The van der Waals surface area contributed by atoms with Crippen molar-refractivity contribution >= 4 is 12.4 Å². The predicted octanol–water partition coefficient (Wildman–Crippen LogP) is -0.553. The van der Waals surface area contributed by atoms with Gasteiger partial charge in [-0.2, -0.15) is 0 Å². The standard InChI is InChI=1S/C7H14N2O.ClH/c10-7-4-9(5-7)6-1-2-8-3-6;/h6-8,10H,1-5H2;1H/t6-;/m1./s1. The molecule has 2 aliphatic heterocycles. The molecule has 0 aromatic carbocycles. The minimum atomic E-state index is -0.0411. The van der Waals surface area contributed by atoms with Crippen molar-refractivity contribution in [1.29, 1.82) is 0 Å². The second-order valence-electron chi connectivity index (χ2n) is 3.25. The minimum absolute atomic E-state index is 0. The summed E-state index contributed by atoms with van der Waals surface area (Å²) < 4.78 is 0. The Kier molecular flexibility index (Phi) is 3.13. The molecule has 2 aliphatic rings. The van der Waals surface area contributed by atoms with Gasteiger partial charge in [0.15, 0.2) is 0 Å². The number of β-amino-alcohol motifs (C(OH)–C–C–N with tert-alkyl or cyclic N) is 1. The molecule has 11 heavy (non-hydrogen) atoms. The predicted molar refractivity (Wildman–Crippen MR) is 46.1 cm³/mol. The lowest BCUT2D eigenvalue weighted by atomic mass is 10.1. The van der Waals surface area contributed by atoms with Crippen LogP contribution in [-0.4, -0.2) is 48.3 Å². The molecule has 0 unspecified atom stereocenters. The Labute approximate surface area is 73.2 Å². The fourth-order valence-corrected chi connectivity index (χ4v) is 1.74. The van der Waals surface area contributed by atoms with Crippen molar-refractivity contribution in [2.24, 2.45) is 0 Å². The monoisotopic (exact) mass is 178 g/mol. The lowest BCUT2D eigenvalue weighted by Crippen LogP contribution is -2.55. The molecule has 1 atom stereocenters. The maximum absolute atomic E-state index is 9.02. The van der Waals surface area contributed by atoms with Gasteiger partial charge in [0.1, 0.15) is 0 Å². The molecule has 3 nitrogen and oxygen atoms in total. The van der Waals surface area contributed by atoms with E-state index in [1.165, 1.54) is 6.42 Å². The normalized spacial score (nSPS) is 33.0. The topological polar surface area (TPSA) is 35.5 Å². The van der Waals surface area contributed by atoms with Crippen LogP contribution >= 0.6 is 12.4 Å². The van der Waals surface area contributed by atoms with Crippen molar-refractivity contribution in [2.75, 3.05) is 26.2 Å². The molecule has 0 aromatic rings.